The van der Waals surface area contributed by atoms with Gasteiger partial charge < -0.3 is 10.2 Å². The highest BCUT2D eigenvalue weighted by Gasteiger charge is 2.34. The first-order valence-electron chi connectivity index (χ1n) is 10.7. The summed E-state index contributed by atoms with van der Waals surface area (Å²) < 4.78 is 8.12. The number of carbonyl (C=O) groups excluding carboxylic acids is 2. The normalized spacial score (nSPS) is 15.2. The molecule has 2 amide bonds. The van der Waals surface area contributed by atoms with E-state index in [0.717, 1.165) is 48.5 Å². The summed E-state index contributed by atoms with van der Waals surface area (Å²) in [6, 6.07) is 18.6. The van der Waals surface area contributed by atoms with Crippen LogP contribution in [0.5, 0.6) is 0 Å². The summed E-state index contributed by atoms with van der Waals surface area (Å²) in [6.45, 7) is 0.300. The molecule has 0 unspecified atom stereocenters. The van der Waals surface area contributed by atoms with E-state index < -0.39 is 6.04 Å². The van der Waals surface area contributed by atoms with Crippen LogP contribution >= 0.6 is 11.7 Å². The van der Waals surface area contributed by atoms with E-state index in [0.29, 0.717) is 6.54 Å². The molecule has 0 bridgehead atoms. The number of aromatic nitrogens is 2. The maximum Gasteiger partial charge on any atom is 0.276 e. The van der Waals surface area contributed by atoms with Crippen LogP contribution in [0.2, 0.25) is 0 Å². The first kappa shape index (κ1) is 21.2. The van der Waals surface area contributed by atoms with Crippen LogP contribution < -0.4 is 5.32 Å². The Morgan fingerprint density at radius 1 is 1.00 bits per heavy atom. The summed E-state index contributed by atoms with van der Waals surface area (Å²) in [6.07, 6.45) is 6.89. The van der Waals surface area contributed by atoms with E-state index in [1.807, 2.05) is 60.7 Å². The molecule has 1 aliphatic rings. The van der Waals surface area contributed by atoms with Crippen molar-refractivity contribution in [2.45, 2.75) is 50.7 Å². The SMILES string of the molecule is O=C(NC1CCCCC1)[C@@H](c1ccccc1)N(Cc1ccccc1)C(=O)c1cnsn1. The number of carbonyl (C=O) groups is 2. The predicted molar refractivity (Wildman–Crippen MR) is 120 cm³/mol. The van der Waals surface area contributed by atoms with Gasteiger partial charge >= 0.3 is 0 Å². The van der Waals surface area contributed by atoms with Crippen LogP contribution in [0.4, 0.5) is 0 Å². The Labute approximate surface area is 186 Å². The molecule has 7 heteroatoms. The van der Waals surface area contributed by atoms with Crippen LogP contribution in [0.1, 0.15) is 59.8 Å². The molecule has 0 aliphatic heterocycles. The average Bonchev–Trinajstić information content (AvgIpc) is 3.35. The van der Waals surface area contributed by atoms with Gasteiger partial charge in [0, 0.05) is 12.6 Å². The number of hydrogen-bond acceptors (Lipinski definition) is 5. The molecular weight excluding hydrogens is 408 g/mol. The van der Waals surface area contributed by atoms with Gasteiger partial charge in [-0.05, 0) is 24.0 Å². The van der Waals surface area contributed by atoms with Crippen molar-refractivity contribution >= 4 is 23.5 Å². The third-order valence-corrected chi connectivity index (χ3v) is 6.14. The average molecular weight is 435 g/mol. The zero-order valence-electron chi connectivity index (χ0n) is 17.3. The Hall–Kier alpha value is -3.06. The van der Waals surface area contributed by atoms with E-state index in [9.17, 15) is 9.59 Å². The Balaban J connectivity index is 1.69. The topological polar surface area (TPSA) is 75.2 Å². The predicted octanol–water partition coefficient (Wildman–Crippen LogP) is 4.37. The highest BCUT2D eigenvalue weighted by molar-refractivity contribution is 6.99. The molecular formula is C24H26N4O2S. The van der Waals surface area contributed by atoms with Gasteiger partial charge in [-0.1, -0.05) is 79.9 Å². The number of nitrogens with one attached hydrogen (secondary N) is 1. The number of nitrogens with zero attached hydrogens (tertiary/aromatic N) is 3. The van der Waals surface area contributed by atoms with Crippen molar-refractivity contribution in [3.05, 3.63) is 83.7 Å². The molecule has 6 nitrogen and oxygen atoms in total. The molecule has 4 rings (SSSR count). The molecule has 2 aromatic carbocycles. The third kappa shape index (κ3) is 5.35. The lowest BCUT2D eigenvalue weighted by Crippen LogP contribution is -2.47. The number of rotatable bonds is 7. The van der Waals surface area contributed by atoms with Gasteiger partial charge in [-0.25, -0.2) is 0 Å². The maximum absolute atomic E-state index is 13.6. The number of amides is 2. The minimum atomic E-state index is -0.752. The second kappa shape index (κ2) is 10.3. The van der Waals surface area contributed by atoms with Crippen LogP contribution in [-0.2, 0) is 11.3 Å². The quantitative estimate of drug-likeness (QED) is 0.599. The maximum atomic E-state index is 13.6. The lowest BCUT2D eigenvalue weighted by molar-refractivity contribution is -0.127. The van der Waals surface area contributed by atoms with Crippen molar-refractivity contribution in [2.24, 2.45) is 0 Å². The Morgan fingerprint density at radius 3 is 2.32 bits per heavy atom. The van der Waals surface area contributed by atoms with Crippen molar-refractivity contribution in [3.8, 4) is 0 Å². The minimum absolute atomic E-state index is 0.148. The summed E-state index contributed by atoms with van der Waals surface area (Å²) in [5, 5.41) is 3.22. The Bertz CT molecular complexity index is 973. The lowest BCUT2D eigenvalue weighted by atomic mass is 9.94. The summed E-state index contributed by atoms with van der Waals surface area (Å²) in [5.74, 6) is -0.448. The molecule has 1 heterocycles. The van der Waals surface area contributed by atoms with Crippen molar-refractivity contribution < 1.29 is 9.59 Å². The van der Waals surface area contributed by atoms with E-state index in [1.54, 1.807) is 4.90 Å². The zero-order chi connectivity index (χ0) is 21.5. The van der Waals surface area contributed by atoms with Crippen molar-refractivity contribution in [2.75, 3.05) is 0 Å². The smallest absolute Gasteiger partial charge is 0.276 e. The number of benzene rings is 2. The molecule has 160 valence electrons. The van der Waals surface area contributed by atoms with Crippen LogP contribution in [-0.4, -0.2) is 31.5 Å². The first-order valence-corrected chi connectivity index (χ1v) is 11.4. The van der Waals surface area contributed by atoms with Crippen molar-refractivity contribution in [1.29, 1.82) is 0 Å². The van der Waals surface area contributed by atoms with Gasteiger partial charge in [0.2, 0.25) is 5.91 Å². The summed E-state index contributed by atoms with van der Waals surface area (Å²) in [7, 11) is 0. The van der Waals surface area contributed by atoms with Gasteiger partial charge in [-0.3, -0.25) is 9.59 Å². The van der Waals surface area contributed by atoms with E-state index in [-0.39, 0.29) is 23.6 Å². The molecule has 1 aromatic heterocycles. The first-order chi connectivity index (χ1) is 15.2. The standard InChI is InChI=1S/C24H26N4O2S/c29-23(26-20-14-8-3-9-15-20)22(19-12-6-2-7-13-19)28(17-18-10-4-1-5-11-18)24(30)21-16-25-31-27-21/h1-2,4-7,10-13,16,20,22H,3,8-9,14-15,17H2,(H,26,29)/t22-/m1/s1. The lowest BCUT2D eigenvalue weighted by Gasteiger charge is -2.33. The molecule has 3 aromatic rings. The van der Waals surface area contributed by atoms with Crippen LogP contribution in [0.25, 0.3) is 0 Å². The van der Waals surface area contributed by atoms with Crippen LogP contribution in [0.15, 0.2) is 66.9 Å². The zero-order valence-corrected chi connectivity index (χ0v) is 18.1. The van der Waals surface area contributed by atoms with Gasteiger partial charge in [-0.2, -0.15) is 8.75 Å². The molecule has 0 saturated heterocycles. The molecule has 1 N–H and O–H groups in total. The summed E-state index contributed by atoms with van der Waals surface area (Å²) >= 11 is 0.988. The highest BCUT2D eigenvalue weighted by atomic mass is 32.1. The molecule has 31 heavy (non-hydrogen) atoms. The fraction of sp³-hybridized carbons (Fsp3) is 0.333. The fourth-order valence-corrected chi connectivity index (χ4v) is 4.51. The summed E-state index contributed by atoms with van der Waals surface area (Å²) in [4.78, 5) is 28.7. The van der Waals surface area contributed by atoms with E-state index in [1.165, 1.54) is 12.6 Å². The molecule has 1 aliphatic carbocycles. The van der Waals surface area contributed by atoms with Gasteiger partial charge in [0.25, 0.3) is 5.91 Å². The Morgan fingerprint density at radius 2 is 1.68 bits per heavy atom. The molecule has 1 fully saturated rings. The molecule has 0 spiro atoms. The largest absolute Gasteiger partial charge is 0.351 e. The molecule has 1 atom stereocenters. The minimum Gasteiger partial charge on any atom is -0.351 e. The second-order valence-corrected chi connectivity index (χ2v) is 8.42. The van der Waals surface area contributed by atoms with Crippen LogP contribution in [0, 0.1) is 0 Å². The molecule has 0 radical (unpaired) electrons. The van der Waals surface area contributed by atoms with Gasteiger partial charge in [-0.15, -0.1) is 0 Å². The highest BCUT2D eigenvalue weighted by Crippen LogP contribution is 2.27. The monoisotopic (exact) mass is 434 g/mol. The summed E-state index contributed by atoms with van der Waals surface area (Å²) in [5.41, 5.74) is 1.99. The van der Waals surface area contributed by atoms with Gasteiger partial charge in [0.15, 0.2) is 5.69 Å². The second-order valence-electron chi connectivity index (χ2n) is 7.87. The van der Waals surface area contributed by atoms with Crippen molar-refractivity contribution in [3.63, 3.8) is 0 Å². The third-order valence-electron chi connectivity index (χ3n) is 5.66. The van der Waals surface area contributed by atoms with Gasteiger partial charge in [0.05, 0.1) is 17.9 Å². The fourth-order valence-electron chi connectivity index (χ4n) is 4.10. The van der Waals surface area contributed by atoms with Crippen molar-refractivity contribution in [1.82, 2.24) is 19.0 Å². The van der Waals surface area contributed by atoms with Crippen LogP contribution in [0.3, 0.4) is 0 Å². The molecule has 1 saturated carbocycles. The van der Waals surface area contributed by atoms with E-state index in [2.05, 4.69) is 14.1 Å². The van der Waals surface area contributed by atoms with E-state index >= 15 is 0 Å². The van der Waals surface area contributed by atoms with Gasteiger partial charge in [0.1, 0.15) is 6.04 Å². The van der Waals surface area contributed by atoms with E-state index in [4.69, 9.17) is 0 Å². The Kier molecular flexibility index (Phi) is 7.04. The number of hydrogen-bond donors (Lipinski definition) is 1.